The average molecular weight is 268 g/mol. The monoisotopic (exact) mass is 268 g/mol. The molecule has 0 saturated carbocycles. The normalized spacial score (nSPS) is 10.8. The van der Waals surface area contributed by atoms with Crippen molar-refractivity contribution in [2.24, 2.45) is 0 Å². The third-order valence-corrected chi connectivity index (χ3v) is 3.16. The Bertz CT molecular complexity index is 778. The van der Waals surface area contributed by atoms with E-state index in [1.807, 2.05) is 30.3 Å². The summed E-state index contributed by atoms with van der Waals surface area (Å²) >= 11 is 0. The quantitative estimate of drug-likeness (QED) is 0.763. The molecule has 20 heavy (non-hydrogen) atoms. The maximum Gasteiger partial charge on any atom is 0.337 e. The fourth-order valence-electron chi connectivity index (χ4n) is 2.27. The fourth-order valence-corrected chi connectivity index (χ4v) is 2.27. The van der Waals surface area contributed by atoms with Gasteiger partial charge < -0.3 is 10.2 Å². The second-order valence-corrected chi connectivity index (χ2v) is 4.36. The predicted octanol–water partition coefficient (Wildman–Crippen LogP) is 2.22. The van der Waals surface area contributed by atoms with E-state index in [2.05, 4.69) is 5.10 Å². The zero-order valence-corrected chi connectivity index (χ0v) is 10.5. The Balaban J connectivity index is 2.40. The third kappa shape index (κ3) is 1.85. The molecule has 3 rings (SSSR count). The van der Waals surface area contributed by atoms with E-state index in [9.17, 15) is 15.0 Å². The summed E-state index contributed by atoms with van der Waals surface area (Å²) in [5.74, 6) is -1.02. The van der Waals surface area contributed by atoms with Gasteiger partial charge in [0, 0.05) is 5.39 Å². The zero-order valence-electron chi connectivity index (χ0n) is 10.5. The van der Waals surface area contributed by atoms with Gasteiger partial charge in [0.25, 0.3) is 0 Å². The number of carboxylic acid groups (broad SMARTS) is 1. The Hall–Kier alpha value is -2.66. The number of carbonyl (C=O) groups is 1. The first-order valence-corrected chi connectivity index (χ1v) is 6.12. The van der Waals surface area contributed by atoms with Crippen molar-refractivity contribution < 1.29 is 15.0 Å². The number of aliphatic hydroxyl groups excluding tert-OH is 1. The highest BCUT2D eigenvalue weighted by Crippen LogP contribution is 2.25. The van der Waals surface area contributed by atoms with E-state index in [1.54, 1.807) is 16.8 Å². The van der Waals surface area contributed by atoms with Crippen LogP contribution in [0.3, 0.4) is 0 Å². The van der Waals surface area contributed by atoms with Crippen molar-refractivity contribution >= 4 is 16.9 Å². The summed E-state index contributed by atoms with van der Waals surface area (Å²) in [7, 11) is 0. The van der Waals surface area contributed by atoms with Crippen LogP contribution in [0.25, 0.3) is 16.6 Å². The number of para-hydroxylation sites is 2. The first-order valence-electron chi connectivity index (χ1n) is 6.12. The maximum atomic E-state index is 11.4. The summed E-state index contributed by atoms with van der Waals surface area (Å²) < 4.78 is 1.56. The van der Waals surface area contributed by atoms with Gasteiger partial charge in [0.15, 0.2) is 0 Å². The zero-order chi connectivity index (χ0) is 14.1. The molecule has 0 aliphatic carbocycles. The summed E-state index contributed by atoms with van der Waals surface area (Å²) in [6.45, 7) is -0.237. The van der Waals surface area contributed by atoms with E-state index >= 15 is 0 Å². The largest absolute Gasteiger partial charge is 0.478 e. The van der Waals surface area contributed by atoms with Gasteiger partial charge in [-0.15, -0.1) is 0 Å². The minimum Gasteiger partial charge on any atom is -0.478 e. The lowest BCUT2D eigenvalue weighted by Crippen LogP contribution is -2.03. The number of hydrogen-bond donors (Lipinski definition) is 2. The second kappa shape index (κ2) is 4.79. The predicted molar refractivity (Wildman–Crippen MR) is 74.0 cm³/mol. The van der Waals surface area contributed by atoms with Crippen LogP contribution >= 0.6 is 0 Å². The van der Waals surface area contributed by atoms with Gasteiger partial charge >= 0.3 is 5.97 Å². The molecule has 2 aromatic carbocycles. The number of hydrogen-bond acceptors (Lipinski definition) is 3. The van der Waals surface area contributed by atoms with Crippen LogP contribution in [0.15, 0.2) is 48.5 Å². The number of aromatic nitrogens is 2. The van der Waals surface area contributed by atoms with Crippen LogP contribution in [0, 0.1) is 0 Å². The van der Waals surface area contributed by atoms with Crippen molar-refractivity contribution in [2.75, 3.05) is 0 Å². The molecule has 1 aromatic heterocycles. The van der Waals surface area contributed by atoms with E-state index in [0.717, 1.165) is 5.69 Å². The van der Waals surface area contributed by atoms with Crippen LogP contribution in [-0.2, 0) is 6.61 Å². The van der Waals surface area contributed by atoms with Gasteiger partial charge in [-0.3, -0.25) is 0 Å². The van der Waals surface area contributed by atoms with Crippen LogP contribution < -0.4 is 0 Å². The van der Waals surface area contributed by atoms with Gasteiger partial charge in [-0.1, -0.05) is 30.3 Å². The van der Waals surface area contributed by atoms with E-state index in [1.165, 1.54) is 6.07 Å². The summed E-state index contributed by atoms with van der Waals surface area (Å²) in [4.78, 5) is 11.4. The Morgan fingerprint density at radius 1 is 1.10 bits per heavy atom. The van der Waals surface area contributed by atoms with Gasteiger partial charge in [0.05, 0.1) is 29.1 Å². The average Bonchev–Trinajstić information content (AvgIpc) is 2.86. The number of nitrogens with zero attached hydrogens (tertiary/aromatic N) is 2. The lowest BCUT2D eigenvalue weighted by Gasteiger charge is -2.05. The highest BCUT2D eigenvalue weighted by Gasteiger charge is 2.17. The van der Waals surface area contributed by atoms with Gasteiger partial charge in [-0.05, 0) is 18.2 Å². The van der Waals surface area contributed by atoms with Crippen LogP contribution in [0.2, 0.25) is 0 Å². The number of aromatic carboxylic acids is 1. The lowest BCUT2D eigenvalue weighted by atomic mass is 10.1. The standard InChI is InChI=1S/C15H12N2O3/c18-9-13-11-7-4-8-12(15(19)20)14(11)17(16-13)10-5-2-1-3-6-10/h1-8,18H,9H2,(H,19,20). The highest BCUT2D eigenvalue weighted by molar-refractivity contribution is 6.03. The molecular weight excluding hydrogens is 256 g/mol. The molecule has 0 radical (unpaired) electrons. The summed E-state index contributed by atoms with van der Waals surface area (Å²) in [6.07, 6.45) is 0. The smallest absolute Gasteiger partial charge is 0.337 e. The number of fused-ring (bicyclic) bond motifs is 1. The molecular formula is C15H12N2O3. The van der Waals surface area contributed by atoms with E-state index < -0.39 is 5.97 Å². The van der Waals surface area contributed by atoms with Crippen molar-refractivity contribution in [1.82, 2.24) is 9.78 Å². The number of benzene rings is 2. The molecule has 0 fully saturated rings. The molecule has 0 spiro atoms. The Morgan fingerprint density at radius 2 is 1.85 bits per heavy atom. The summed E-state index contributed by atoms with van der Waals surface area (Å²) in [6, 6.07) is 14.2. The van der Waals surface area contributed by atoms with Gasteiger partial charge in [0.2, 0.25) is 0 Å². The fraction of sp³-hybridized carbons (Fsp3) is 0.0667. The number of rotatable bonds is 3. The van der Waals surface area contributed by atoms with Gasteiger partial charge in [-0.25, -0.2) is 9.48 Å². The van der Waals surface area contributed by atoms with Crippen LogP contribution in [0.4, 0.5) is 0 Å². The van der Waals surface area contributed by atoms with Crippen molar-refractivity contribution in [2.45, 2.75) is 6.61 Å². The molecule has 0 aliphatic heterocycles. The molecule has 5 nitrogen and oxygen atoms in total. The minimum atomic E-state index is -1.02. The maximum absolute atomic E-state index is 11.4. The Morgan fingerprint density at radius 3 is 2.50 bits per heavy atom. The molecule has 5 heteroatoms. The molecule has 2 N–H and O–H groups in total. The third-order valence-electron chi connectivity index (χ3n) is 3.16. The van der Waals surface area contributed by atoms with E-state index in [0.29, 0.717) is 16.6 Å². The Kier molecular flexibility index (Phi) is 2.96. The molecule has 100 valence electrons. The molecule has 0 atom stereocenters. The topological polar surface area (TPSA) is 75.3 Å². The highest BCUT2D eigenvalue weighted by atomic mass is 16.4. The van der Waals surface area contributed by atoms with Crippen molar-refractivity contribution in [3.63, 3.8) is 0 Å². The lowest BCUT2D eigenvalue weighted by molar-refractivity contribution is 0.0698. The Labute approximate surface area is 114 Å². The van der Waals surface area contributed by atoms with Crippen LogP contribution in [0.1, 0.15) is 16.1 Å². The van der Waals surface area contributed by atoms with Gasteiger partial charge in [0.1, 0.15) is 0 Å². The minimum absolute atomic E-state index is 0.165. The number of carboxylic acids is 1. The first-order chi connectivity index (χ1) is 9.72. The SMILES string of the molecule is O=C(O)c1cccc2c(CO)nn(-c3ccccc3)c12. The van der Waals surface area contributed by atoms with Crippen LogP contribution in [-0.4, -0.2) is 26.0 Å². The van der Waals surface area contributed by atoms with Gasteiger partial charge in [-0.2, -0.15) is 5.10 Å². The molecule has 0 bridgehead atoms. The summed E-state index contributed by atoms with van der Waals surface area (Å²) in [5.41, 5.74) is 1.88. The molecule has 3 aromatic rings. The molecule has 0 amide bonds. The van der Waals surface area contributed by atoms with E-state index in [-0.39, 0.29) is 12.2 Å². The number of aliphatic hydroxyl groups is 1. The van der Waals surface area contributed by atoms with E-state index in [4.69, 9.17) is 0 Å². The molecule has 1 heterocycles. The summed E-state index contributed by atoms with van der Waals surface area (Å²) in [5, 5.41) is 23.7. The van der Waals surface area contributed by atoms with Crippen molar-refractivity contribution in [1.29, 1.82) is 0 Å². The first kappa shape index (κ1) is 12.4. The molecule has 0 saturated heterocycles. The molecule has 0 aliphatic rings. The van der Waals surface area contributed by atoms with Crippen LogP contribution in [0.5, 0.6) is 0 Å². The van der Waals surface area contributed by atoms with Crippen molar-refractivity contribution in [3.05, 3.63) is 59.8 Å². The second-order valence-electron chi connectivity index (χ2n) is 4.36. The molecule has 0 unspecified atom stereocenters. The van der Waals surface area contributed by atoms with Crippen molar-refractivity contribution in [3.8, 4) is 5.69 Å².